The van der Waals surface area contributed by atoms with Gasteiger partial charge in [0.1, 0.15) is 6.54 Å². The Hall–Kier alpha value is -2.08. The van der Waals surface area contributed by atoms with Gasteiger partial charge in [0, 0.05) is 16.6 Å². The maximum Gasteiger partial charge on any atom is 0.325 e. The molecule has 7 heteroatoms. The van der Waals surface area contributed by atoms with Crippen LogP contribution in [0.25, 0.3) is 0 Å². The molecule has 0 heterocycles. The lowest BCUT2D eigenvalue weighted by Gasteiger charge is -2.59. The SMILES string of the molecule is CC(NC(=O)COC(=O)CNC(=O)c1ccc(Cl)cc1)C12CC3CC(CC(C3)C1)C2. The Morgan fingerprint density at radius 2 is 1.63 bits per heavy atom. The first-order valence-corrected chi connectivity index (χ1v) is 11.2. The van der Waals surface area contributed by atoms with Gasteiger partial charge in [-0.1, -0.05) is 11.6 Å². The summed E-state index contributed by atoms with van der Waals surface area (Å²) in [6.45, 7) is 1.48. The second kappa shape index (κ2) is 8.58. The number of carbonyl (C=O) groups is 3. The molecule has 1 unspecified atom stereocenters. The van der Waals surface area contributed by atoms with Crippen molar-refractivity contribution >= 4 is 29.4 Å². The van der Waals surface area contributed by atoms with Crippen molar-refractivity contribution in [2.24, 2.45) is 23.2 Å². The van der Waals surface area contributed by atoms with E-state index in [-0.39, 0.29) is 30.5 Å². The zero-order chi connectivity index (χ0) is 21.3. The van der Waals surface area contributed by atoms with Crippen molar-refractivity contribution in [3.8, 4) is 0 Å². The smallest absolute Gasteiger partial charge is 0.325 e. The van der Waals surface area contributed by atoms with E-state index in [9.17, 15) is 14.4 Å². The Bertz CT molecular complexity index is 788. The maximum absolute atomic E-state index is 12.4. The molecule has 4 aliphatic rings. The summed E-state index contributed by atoms with van der Waals surface area (Å²) in [5.74, 6) is 1.13. The molecule has 0 aliphatic heterocycles. The van der Waals surface area contributed by atoms with Crippen LogP contribution in [-0.4, -0.2) is 37.0 Å². The molecule has 30 heavy (non-hydrogen) atoms. The van der Waals surface area contributed by atoms with Crippen LogP contribution in [0.4, 0.5) is 0 Å². The monoisotopic (exact) mass is 432 g/mol. The average Bonchev–Trinajstić information content (AvgIpc) is 2.70. The first-order valence-electron chi connectivity index (χ1n) is 10.8. The fraction of sp³-hybridized carbons (Fsp3) is 0.609. The molecule has 2 amide bonds. The van der Waals surface area contributed by atoms with E-state index in [0.717, 1.165) is 17.8 Å². The van der Waals surface area contributed by atoms with Gasteiger partial charge >= 0.3 is 5.97 Å². The topological polar surface area (TPSA) is 84.5 Å². The van der Waals surface area contributed by atoms with E-state index < -0.39 is 11.9 Å². The summed E-state index contributed by atoms with van der Waals surface area (Å²) < 4.78 is 5.04. The molecule has 4 aliphatic carbocycles. The van der Waals surface area contributed by atoms with Gasteiger partial charge in [-0.3, -0.25) is 14.4 Å². The van der Waals surface area contributed by atoms with Crippen LogP contribution in [0.1, 0.15) is 55.8 Å². The molecule has 4 saturated carbocycles. The minimum absolute atomic E-state index is 0.0849. The van der Waals surface area contributed by atoms with Crippen LogP contribution < -0.4 is 10.6 Å². The van der Waals surface area contributed by atoms with Crippen LogP contribution in [0.3, 0.4) is 0 Å². The zero-order valence-corrected chi connectivity index (χ0v) is 18.0. The van der Waals surface area contributed by atoms with Gasteiger partial charge in [0.25, 0.3) is 11.8 Å². The molecule has 5 rings (SSSR count). The summed E-state index contributed by atoms with van der Waals surface area (Å²) in [4.78, 5) is 36.3. The summed E-state index contributed by atoms with van der Waals surface area (Å²) in [6.07, 6.45) is 7.70. The van der Waals surface area contributed by atoms with Gasteiger partial charge in [-0.25, -0.2) is 0 Å². The fourth-order valence-electron chi connectivity index (χ4n) is 6.20. The Kier molecular flexibility index (Phi) is 6.05. The highest BCUT2D eigenvalue weighted by atomic mass is 35.5. The molecule has 1 aromatic carbocycles. The highest BCUT2D eigenvalue weighted by Crippen LogP contribution is 2.61. The van der Waals surface area contributed by atoms with Crippen molar-refractivity contribution in [2.75, 3.05) is 13.2 Å². The van der Waals surface area contributed by atoms with Crippen molar-refractivity contribution in [1.29, 1.82) is 0 Å². The van der Waals surface area contributed by atoms with E-state index in [0.29, 0.717) is 10.6 Å². The summed E-state index contributed by atoms with van der Waals surface area (Å²) in [6, 6.07) is 6.43. The van der Waals surface area contributed by atoms with E-state index in [2.05, 4.69) is 17.6 Å². The molecule has 1 aromatic rings. The summed E-state index contributed by atoms with van der Waals surface area (Å²) >= 11 is 5.79. The minimum Gasteiger partial charge on any atom is -0.454 e. The van der Waals surface area contributed by atoms with Crippen molar-refractivity contribution in [3.63, 3.8) is 0 Å². The Morgan fingerprint density at radius 1 is 1.07 bits per heavy atom. The zero-order valence-electron chi connectivity index (χ0n) is 17.3. The van der Waals surface area contributed by atoms with Crippen LogP contribution in [0, 0.1) is 23.2 Å². The number of hydrogen-bond donors (Lipinski definition) is 2. The number of nitrogens with one attached hydrogen (secondary N) is 2. The standard InChI is InChI=1S/C23H29ClN2O4/c1-14(23-9-15-6-16(10-23)8-17(7-15)11-23)26-20(27)13-30-21(28)12-25-22(29)18-2-4-19(24)5-3-18/h2-5,14-17H,6-13H2,1H3,(H,25,29)(H,26,27). The summed E-state index contributed by atoms with van der Waals surface area (Å²) in [5, 5.41) is 6.08. The number of benzene rings is 1. The quantitative estimate of drug-likeness (QED) is 0.647. The van der Waals surface area contributed by atoms with Gasteiger partial charge in [0.05, 0.1) is 0 Å². The Balaban J connectivity index is 1.19. The molecule has 2 N–H and O–H groups in total. The van der Waals surface area contributed by atoms with Crippen molar-refractivity contribution in [3.05, 3.63) is 34.9 Å². The average molecular weight is 433 g/mol. The Morgan fingerprint density at radius 3 is 2.20 bits per heavy atom. The lowest BCUT2D eigenvalue weighted by atomic mass is 9.48. The first kappa shape index (κ1) is 21.2. The molecule has 0 aromatic heterocycles. The molecule has 4 bridgehead atoms. The number of hydrogen-bond acceptors (Lipinski definition) is 4. The van der Waals surface area contributed by atoms with Crippen molar-refractivity contribution in [1.82, 2.24) is 10.6 Å². The molecular formula is C23H29ClN2O4. The lowest BCUT2D eigenvalue weighted by molar-refractivity contribution is -0.148. The largest absolute Gasteiger partial charge is 0.454 e. The maximum atomic E-state index is 12.4. The van der Waals surface area contributed by atoms with Gasteiger partial charge in [-0.15, -0.1) is 0 Å². The summed E-state index contributed by atoms with van der Waals surface area (Å²) in [7, 11) is 0. The van der Waals surface area contributed by atoms with Gasteiger partial charge in [-0.2, -0.15) is 0 Å². The predicted molar refractivity (Wildman–Crippen MR) is 113 cm³/mol. The molecule has 4 fully saturated rings. The normalized spacial score (nSPS) is 29.9. The van der Waals surface area contributed by atoms with E-state index in [4.69, 9.17) is 16.3 Å². The highest BCUT2D eigenvalue weighted by Gasteiger charge is 2.53. The van der Waals surface area contributed by atoms with E-state index >= 15 is 0 Å². The minimum atomic E-state index is -0.644. The fourth-order valence-corrected chi connectivity index (χ4v) is 6.32. The molecule has 0 saturated heterocycles. The van der Waals surface area contributed by atoms with Gasteiger partial charge in [0.15, 0.2) is 6.61 Å². The molecular weight excluding hydrogens is 404 g/mol. The number of esters is 1. The number of amides is 2. The van der Waals surface area contributed by atoms with Crippen LogP contribution in [-0.2, 0) is 14.3 Å². The van der Waals surface area contributed by atoms with E-state index in [1.165, 1.54) is 38.5 Å². The van der Waals surface area contributed by atoms with Gasteiger partial charge in [-0.05, 0) is 92.9 Å². The lowest BCUT2D eigenvalue weighted by Crippen LogP contribution is -2.56. The van der Waals surface area contributed by atoms with Crippen LogP contribution in [0.15, 0.2) is 24.3 Å². The van der Waals surface area contributed by atoms with Gasteiger partial charge in [0.2, 0.25) is 0 Å². The third-order valence-electron chi connectivity index (χ3n) is 7.25. The van der Waals surface area contributed by atoms with Crippen LogP contribution >= 0.6 is 11.6 Å². The third-order valence-corrected chi connectivity index (χ3v) is 7.50. The molecule has 1 atom stereocenters. The Labute approximate surface area is 182 Å². The second-order valence-corrected chi connectivity index (χ2v) is 9.86. The number of rotatable bonds is 7. The molecule has 0 spiro atoms. The molecule has 162 valence electrons. The third kappa shape index (κ3) is 4.64. The van der Waals surface area contributed by atoms with Crippen molar-refractivity contribution in [2.45, 2.75) is 51.5 Å². The molecule has 0 radical (unpaired) electrons. The first-order chi connectivity index (χ1) is 14.3. The number of ether oxygens (including phenoxy) is 1. The predicted octanol–water partition coefficient (Wildman–Crippen LogP) is 3.33. The number of halogens is 1. The highest BCUT2D eigenvalue weighted by molar-refractivity contribution is 6.30. The summed E-state index contributed by atoms with van der Waals surface area (Å²) in [5.41, 5.74) is 0.607. The number of carbonyl (C=O) groups excluding carboxylic acids is 3. The van der Waals surface area contributed by atoms with E-state index in [1.54, 1.807) is 24.3 Å². The molecule has 6 nitrogen and oxygen atoms in total. The van der Waals surface area contributed by atoms with Gasteiger partial charge < -0.3 is 15.4 Å². The second-order valence-electron chi connectivity index (χ2n) is 9.42. The van der Waals surface area contributed by atoms with Crippen LogP contribution in [0.2, 0.25) is 5.02 Å². The van der Waals surface area contributed by atoms with Crippen molar-refractivity contribution < 1.29 is 19.1 Å². The van der Waals surface area contributed by atoms with Crippen LogP contribution in [0.5, 0.6) is 0 Å². The van der Waals surface area contributed by atoms with E-state index in [1.807, 2.05) is 0 Å².